The van der Waals surface area contributed by atoms with E-state index in [0.29, 0.717) is 13.0 Å². The summed E-state index contributed by atoms with van der Waals surface area (Å²) in [6.45, 7) is 6.50. The lowest BCUT2D eigenvalue weighted by Gasteiger charge is -2.12. The summed E-state index contributed by atoms with van der Waals surface area (Å²) >= 11 is 0. The van der Waals surface area contributed by atoms with Crippen LogP contribution in [0.3, 0.4) is 0 Å². The first kappa shape index (κ1) is 16.7. The van der Waals surface area contributed by atoms with Gasteiger partial charge in [0.15, 0.2) is 0 Å². The largest absolute Gasteiger partial charge is 0.381 e. The lowest BCUT2D eigenvalue weighted by atomic mass is 9.98. The lowest BCUT2D eigenvalue weighted by molar-refractivity contribution is -0.121. The van der Waals surface area contributed by atoms with Gasteiger partial charge in [0.2, 0.25) is 5.91 Å². The van der Waals surface area contributed by atoms with E-state index in [-0.39, 0.29) is 11.8 Å². The second-order valence-corrected chi connectivity index (χ2v) is 5.19. The second-order valence-electron chi connectivity index (χ2n) is 5.19. The van der Waals surface area contributed by atoms with Gasteiger partial charge in [0.25, 0.3) is 0 Å². The third-order valence-corrected chi connectivity index (χ3v) is 3.29. The molecule has 3 heteroatoms. The maximum Gasteiger partial charge on any atom is 0.220 e. The van der Waals surface area contributed by atoms with Gasteiger partial charge in [-0.25, -0.2) is 0 Å². The average Bonchev–Trinajstić information content (AvgIpc) is 2.47. The Labute approximate surface area is 122 Å². The number of amides is 1. The molecule has 1 rings (SSSR count). The van der Waals surface area contributed by atoms with E-state index in [0.717, 1.165) is 32.5 Å². The van der Waals surface area contributed by atoms with Gasteiger partial charge < -0.3 is 10.1 Å². The van der Waals surface area contributed by atoms with Crippen LogP contribution in [-0.2, 0) is 9.53 Å². The summed E-state index contributed by atoms with van der Waals surface area (Å²) < 4.78 is 5.45. The fourth-order valence-electron chi connectivity index (χ4n) is 2.00. The molecule has 0 aliphatic heterocycles. The highest BCUT2D eigenvalue weighted by molar-refractivity contribution is 5.76. The highest BCUT2D eigenvalue weighted by Crippen LogP contribution is 2.17. The van der Waals surface area contributed by atoms with Crippen LogP contribution in [0.4, 0.5) is 0 Å². The van der Waals surface area contributed by atoms with Crippen LogP contribution in [0.15, 0.2) is 30.3 Å². The van der Waals surface area contributed by atoms with Crippen LogP contribution in [-0.4, -0.2) is 25.7 Å². The molecule has 1 N–H and O–H groups in total. The molecule has 0 bridgehead atoms. The Balaban J connectivity index is 2.08. The molecule has 112 valence electrons. The van der Waals surface area contributed by atoms with Crippen LogP contribution in [0.25, 0.3) is 0 Å². The van der Waals surface area contributed by atoms with Crippen molar-refractivity contribution >= 4 is 5.91 Å². The van der Waals surface area contributed by atoms with Gasteiger partial charge in [-0.2, -0.15) is 0 Å². The van der Waals surface area contributed by atoms with Crippen LogP contribution < -0.4 is 5.32 Å². The number of hydrogen-bond acceptors (Lipinski definition) is 2. The quantitative estimate of drug-likeness (QED) is 0.665. The molecular weight excluding hydrogens is 250 g/mol. The van der Waals surface area contributed by atoms with Crippen LogP contribution in [0.2, 0.25) is 0 Å². The number of unbranched alkanes of at least 4 members (excludes halogenated alkanes) is 1. The summed E-state index contributed by atoms with van der Waals surface area (Å²) in [5, 5.41) is 2.96. The summed E-state index contributed by atoms with van der Waals surface area (Å²) in [6, 6.07) is 10.2. The molecule has 0 aromatic heterocycles. The predicted molar refractivity (Wildman–Crippen MR) is 82.8 cm³/mol. The van der Waals surface area contributed by atoms with E-state index in [2.05, 4.69) is 31.3 Å². The van der Waals surface area contributed by atoms with Crippen molar-refractivity contribution in [3.63, 3.8) is 0 Å². The molecule has 1 aromatic carbocycles. The monoisotopic (exact) mass is 277 g/mol. The molecule has 1 atom stereocenters. The van der Waals surface area contributed by atoms with Crippen LogP contribution in [0.1, 0.15) is 51.0 Å². The summed E-state index contributed by atoms with van der Waals surface area (Å²) in [6.07, 6.45) is 3.70. The molecule has 0 radical (unpaired) electrons. The maximum absolute atomic E-state index is 11.8. The van der Waals surface area contributed by atoms with Gasteiger partial charge in [-0.05, 0) is 24.3 Å². The average molecular weight is 277 g/mol. The summed E-state index contributed by atoms with van der Waals surface area (Å²) in [4.78, 5) is 11.8. The van der Waals surface area contributed by atoms with Crippen molar-refractivity contribution in [2.75, 3.05) is 19.8 Å². The Morgan fingerprint density at radius 1 is 1.20 bits per heavy atom. The first-order valence-corrected chi connectivity index (χ1v) is 7.63. The molecule has 0 spiro atoms. The predicted octanol–water partition coefficient (Wildman–Crippen LogP) is 3.50. The minimum absolute atomic E-state index is 0.120. The topological polar surface area (TPSA) is 38.3 Å². The number of carbonyl (C=O) groups is 1. The van der Waals surface area contributed by atoms with E-state index in [1.165, 1.54) is 5.56 Å². The van der Waals surface area contributed by atoms with Gasteiger partial charge in [-0.15, -0.1) is 0 Å². The lowest BCUT2D eigenvalue weighted by Crippen LogP contribution is -2.26. The van der Waals surface area contributed by atoms with Gasteiger partial charge in [-0.3, -0.25) is 4.79 Å². The molecule has 1 amide bonds. The molecule has 0 aliphatic rings. The molecule has 1 aromatic rings. The normalized spacial score (nSPS) is 12.1. The third kappa shape index (κ3) is 7.29. The first-order valence-electron chi connectivity index (χ1n) is 7.63. The molecule has 0 saturated carbocycles. The third-order valence-electron chi connectivity index (χ3n) is 3.29. The number of carbonyl (C=O) groups excluding carboxylic acids is 1. The number of hydrogen-bond donors (Lipinski definition) is 1. The van der Waals surface area contributed by atoms with Crippen molar-refractivity contribution < 1.29 is 9.53 Å². The molecular formula is C17H27NO2. The standard InChI is InChI=1S/C17H27NO2/c1-3-4-12-20-13-8-11-18-17(19)14-15(2)16-9-6-5-7-10-16/h5-7,9-10,15H,3-4,8,11-14H2,1-2H3,(H,18,19)/t15-/m1/s1. The van der Waals surface area contributed by atoms with Gasteiger partial charge in [-0.1, -0.05) is 50.6 Å². The van der Waals surface area contributed by atoms with Crippen molar-refractivity contribution in [1.82, 2.24) is 5.32 Å². The first-order chi connectivity index (χ1) is 9.74. The van der Waals surface area contributed by atoms with Gasteiger partial charge in [0, 0.05) is 26.2 Å². The van der Waals surface area contributed by atoms with Gasteiger partial charge >= 0.3 is 0 Å². The molecule has 0 unspecified atom stereocenters. The molecule has 3 nitrogen and oxygen atoms in total. The number of nitrogens with one attached hydrogen (secondary N) is 1. The van der Waals surface area contributed by atoms with Gasteiger partial charge in [0.05, 0.1) is 0 Å². The fourth-order valence-corrected chi connectivity index (χ4v) is 2.00. The maximum atomic E-state index is 11.8. The Morgan fingerprint density at radius 3 is 2.60 bits per heavy atom. The van der Waals surface area contributed by atoms with Crippen molar-refractivity contribution in [3.05, 3.63) is 35.9 Å². The van der Waals surface area contributed by atoms with Gasteiger partial charge in [0.1, 0.15) is 0 Å². The Kier molecular flexibility index (Phi) is 8.72. The Morgan fingerprint density at radius 2 is 1.90 bits per heavy atom. The van der Waals surface area contributed by atoms with E-state index in [9.17, 15) is 4.79 Å². The van der Waals surface area contributed by atoms with Crippen molar-refractivity contribution in [2.45, 2.75) is 45.4 Å². The minimum Gasteiger partial charge on any atom is -0.381 e. The molecule has 0 heterocycles. The zero-order valence-corrected chi connectivity index (χ0v) is 12.7. The highest BCUT2D eigenvalue weighted by atomic mass is 16.5. The number of benzene rings is 1. The van der Waals surface area contributed by atoms with Crippen LogP contribution >= 0.6 is 0 Å². The molecule has 0 saturated heterocycles. The molecule has 0 fully saturated rings. The van der Waals surface area contributed by atoms with Crippen molar-refractivity contribution in [3.8, 4) is 0 Å². The highest BCUT2D eigenvalue weighted by Gasteiger charge is 2.10. The van der Waals surface area contributed by atoms with E-state index in [1.54, 1.807) is 0 Å². The SMILES string of the molecule is CCCCOCCCNC(=O)C[C@@H](C)c1ccccc1. The van der Waals surface area contributed by atoms with E-state index in [1.807, 2.05) is 18.2 Å². The Bertz CT molecular complexity index is 365. The number of ether oxygens (including phenoxy) is 1. The zero-order chi connectivity index (χ0) is 14.6. The fraction of sp³-hybridized carbons (Fsp3) is 0.588. The van der Waals surface area contributed by atoms with Crippen LogP contribution in [0, 0.1) is 0 Å². The molecule has 0 aliphatic carbocycles. The van der Waals surface area contributed by atoms with Crippen LogP contribution in [0.5, 0.6) is 0 Å². The smallest absolute Gasteiger partial charge is 0.220 e. The van der Waals surface area contributed by atoms with E-state index >= 15 is 0 Å². The van der Waals surface area contributed by atoms with E-state index in [4.69, 9.17) is 4.74 Å². The molecule has 20 heavy (non-hydrogen) atoms. The second kappa shape index (κ2) is 10.4. The number of rotatable bonds is 10. The zero-order valence-electron chi connectivity index (χ0n) is 12.7. The van der Waals surface area contributed by atoms with E-state index < -0.39 is 0 Å². The summed E-state index contributed by atoms with van der Waals surface area (Å²) in [5.74, 6) is 0.381. The van der Waals surface area contributed by atoms with Crippen molar-refractivity contribution in [2.24, 2.45) is 0 Å². The summed E-state index contributed by atoms with van der Waals surface area (Å²) in [7, 11) is 0. The Hall–Kier alpha value is -1.35. The minimum atomic E-state index is 0.120. The summed E-state index contributed by atoms with van der Waals surface area (Å²) in [5.41, 5.74) is 1.21. The van der Waals surface area contributed by atoms with Crippen molar-refractivity contribution in [1.29, 1.82) is 0 Å².